The standard InChI is InChI=1S/C7H14N2O/c1-5(2)9(3)7(10)6-4-8-6/h5-6,8H,4H2,1-3H3. The summed E-state index contributed by atoms with van der Waals surface area (Å²) in [6, 6.07) is 0.433. The number of hydrogen-bond acceptors (Lipinski definition) is 2. The fraction of sp³-hybridized carbons (Fsp3) is 0.857. The minimum Gasteiger partial charge on any atom is -0.342 e. The molecule has 1 aliphatic rings. The molecule has 1 amide bonds. The van der Waals surface area contributed by atoms with E-state index >= 15 is 0 Å². The summed E-state index contributed by atoms with van der Waals surface area (Å²) in [4.78, 5) is 13.0. The van der Waals surface area contributed by atoms with Gasteiger partial charge in [0.2, 0.25) is 5.91 Å². The molecule has 0 aromatic rings. The van der Waals surface area contributed by atoms with E-state index in [1.807, 2.05) is 20.9 Å². The number of hydrogen-bond donors (Lipinski definition) is 1. The summed E-state index contributed by atoms with van der Waals surface area (Å²) in [6.07, 6.45) is 0. The molecule has 0 bridgehead atoms. The lowest BCUT2D eigenvalue weighted by Crippen LogP contribution is -2.36. The molecule has 1 atom stereocenters. The molecule has 1 aliphatic heterocycles. The largest absolute Gasteiger partial charge is 0.342 e. The maximum absolute atomic E-state index is 11.2. The van der Waals surface area contributed by atoms with Gasteiger partial charge < -0.3 is 10.2 Å². The number of likely N-dealkylation sites (N-methyl/N-ethyl adjacent to an activating group) is 1. The Morgan fingerprint density at radius 2 is 2.20 bits per heavy atom. The number of carbonyl (C=O) groups is 1. The molecule has 0 spiro atoms. The van der Waals surface area contributed by atoms with E-state index in [1.54, 1.807) is 4.90 Å². The van der Waals surface area contributed by atoms with Crippen LogP contribution in [0.2, 0.25) is 0 Å². The van der Waals surface area contributed by atoms with Crippen LogP contribution in [-0.2, 0) is 4.79 Å². The van der Waals surface area contributed by atoms with Crippen molar-refractivity contribution in [3.8, 4) is 0 Å². The molecule has 0 aromatic heterocycles. The summed E-state index contributed by atoms with van der Waals surface area (Å²) in [5.74, 6) is 0.218. The molecular formula is C7H14N2O. The predicted octanol–water partition coefficient (Wildman–Crippen LogP) is -0.175. The van der Waals surface area contributed by atoms with E-state index in [4.69, 9.17) is 0 Å². The molecule has 0 aliphatic carbocycles. The fourth-order valence-electron chi connectivity index (χ4n) is 0.734. The van der Waals surface area contributed by atoms with Crippen LogP contribution in [-0.4, -0.2) is 36.5 Å². The zero-order valence-electron chi connectivity index (χ0n) is 6.72. The Balaban J connectivity index is 2.38. The Morgan fingerprint density at radius 1 is 1.70 bits per heavy atom. The van der Waals surface area contributed by atoms with Crippen molar-refractivity contribution in [2.75, 3.05) is 13.6 Å². The molecule has 58 valence electrons. The number of amides is 1. The van der Waals surface area contributed by atoms with Gasteiger partial charge in [0.25, 0.3) is 0 Å². The average Bonchev–Trinajstić information content (AvgIpc) is 2.65. The van der Waals surface area contributed by atoms with Crippen molar-refractivity contribution in [3.05, 3.63) is 0 Å². The van der Waals surface area contributed by atoms with Crippen molar-refractivity contribution in [1.82, 2.24) is 10.2 Å². The van der Waals surface area contributed by atoms with Gasteiger partial charge in [0, 0.05) is 19.6 Å². The van der Waals surface area contributed by atoms with Crippen molar-refractivity contribution in [3.63, 3.8) is 0 Å². The smallest absolute Gasteiger partial charge is 0.240 e. The summed E-state index contributed by atoms with van der Waals surface area (Å²) < 4.78 is 0. The van der Waals surface area contributed by atoms with Crippen LogP contribution in [0.3, 0.4) is 0 Å². The lowest BCUT2D eigenvalue weighted by molar-refractivity contribution is -0.130. The highest BCUT2D eigenvalue weighted by Gasteiger charge is 2.31. The maximum Gasteiger partial charge on any atom is 0.240 e. The molecule has 1 heterocycles. The molecule has 1 saturated heterocycles. The van der Waals surface area contributed by atoms with Crippen molar-refractivity contribution in [2.45, 2.75) is 25.9 Å². The fourth-order valence-corrected chi connectivity index (χ4v) is 0.734. The number of carbonyl (C=O) groups excluding carboxylic acids is 1. The molecule has 3 nitrogen and oxygen atoms in total. The van der Waals surface area contributed by atoms with Gasteiger partial charge in [-0.05, 0) is 13.8 Å². The highest BCUT2D eigenvalue weighted by atomic mass is 16.2. The maximum atomic E-state index is 11.2. The molecule has 3 heteroatoms. The average molecular weight is 142 g/mol. The van der Waals surface area contributed by atoms with Gasteiger partial charge in [0.05, 0.1) is 6.04 Å². The zero-order chi connectivity index (χ0) is 7.72. The van der Waals surface area contributed by atoms with E-state index < -0.39 is 0 Å². The van der Waals surface area contributed by atoms with Crippen molar-refractivity contribution >= 4 is 5.91 Å². The van der Waals surface area contributed by atoms with Crippen LogP contribution in [0.4, 0.5) is 0 Å². The van der Waals surface area contributed by atoms with E-state index in [0.29, 0.717) is 6.04 Å². The third-order valence-electron chi connectivity index (χ3n) is 1.83. The topological polar surface area (TPSA) is 42.2 Å². The van der Waals surface area contributed by atoms with E-state index in [2.05, 4.69) is 5.32 Å². The van der Waals surface area contributed by atoms with E-state index in [1.165, 1.54) is 0 Å². The van der Waals surface area contributed by atoms with Crippen molar-refractivity contribution in [2.24, 2.45) is 0 Å². The van der Waals surface area contributed by atoms with Crippen LogP contribution in [0.5, 0.6) is 0 Å². The lowest BCUT2D eigenvalue weighted by atomic mass is 10.3. The van der Waals surface area contributed by atoms with Crippen LogP contribution in [0.25, 0.3) is 0 Å². The number of nitrogens with zero attached hydrogens (tertiary/aromatic N) is 1. The molecule has 0 radical (unpaired) electrons. The second kappa shape index (κ2) is 2.58. The number of rotatable bonds is 2. The Hall–Kier alpha value is -0.570. The molecule has 1 unspecified atom stereocenters. The molecule has 1 N–H and O–H groups in total. The zero-order valence-corrected chi connectivity index (χ0v) is 6.72. The highest BCUT2D eigenvalue weighted by Crippen LogP contribution is 2.04. The molecule has 0 aromatic carbocycles. The van der Waals surface area contributed by atoms with Gasteiger partial charge in [-0.3, -0.25) is 4.79 Å². The first-order valence-electron chi connectivity index (χ1n) is 3.63. The monoisotopic (exact) mass is 142 g/mol. The van der Waals surface area contributed by atoms with Gasteiger partial charge in [-0.15, -0.1) is 0 Å². The first-order chi connectivity index (χ1) is 4.63. The molecule has 0 saturated carbocycles. The summed E-state index contributed by atoms with van der Waals surface area (Å²) in [6.45, 7) is 4.89. The van der Waals surface area contributed by atoms with Gasteiger partial charge in [-0.2, -0.15) is 0 Å². The van der Waals surface area contributed by atoms with Crippen molar-refractivity contribution < 1.29 is 4.79 Å². The van der Waals surface area contributed by atoms with E-state index in [0.717, 1.165) is 6.54 Å². The molecule has 1 fully saturated rings. The van der Waals surface area contributed by atoms with Gasteiger partial charge in [-0.25, -0.2) is 0 Å². The Bertz CT molecular complexity index is 141. The SMILES string of the molecule is CC(C)N(C)C(=O)C1CN1. The minimum atomic E-state index is 0.118. The summed E-state index contributed by atoms with van der Waals surface area (Å²) in [5, 5.41) is 2.98. The van der Waals surface area contributed by atoms with E-state index in [-0.39, 0.29) is 11.9 Å². The normalized spacial score (nSPS) is 23.0. The Kier molecular flexibility index (Phi) is 1.94. The minimum absolute atomic E-state index is 0.118. The second-order valence-electron chi connectivity index (χ2n) is 3.00. The molecule has 10 heavy (non-hydrogen) atoms. The second-order valence-corrected chi connectivity index (χ2v) is 3.00. The number of nitrogens with one attached hydrogen (secondary N) is 1. The quantitative estimate of drug-likeness (QED) is 0.544. The summed E-state index contributed by atoms with van der Waals surface area (Å²) in [7, 11) is 1.84. The first kappa shape index (κ1) is 7.54. The first-order valence-corrected chi connectivity index (χ1v) is 3.63. The van der Waals surface area contributed by atoms with Gasteiger partial charge in [-0.1, -0.05) is 0 Å². The predicted molar refractivity (Wildman–Crippen MR) is 39.7 cm³/mol. The van der Waals surface area contributed by atoms with Crippen LogP contribution in [0.1, 0.15) is 13.8 Å². The van der Waals surface area contributed by atoms with Gasteiger partial charge in [0.15, 0.2) is 0 Å². The van der Waals surface area contributed by atoms with Crippen LogP contribution in [0, 0.1) is 0 Å². The molecule has 1 rings (SSSR count). The van der Waals surface area contributed by atoms with Gasteiger partial charge in [0.1, 0.15) is 0 Å². The van der Waals surface area contributed by atoms with Crippen LogP contribution in [0.15, 0.2) is 0 Å². The molecular weight excluding hydrogens is 128 g/mol. The summed E-state index contributed by atoms with van der Waals surface area (Å²) in [5.41, 5.74) is 0. The lowest BCUT2D eigenvalue weighted by Gasteiger charge is -2.20. The van der Waals surface area contributed by atoms with Crippen molar-refractivity contribution in [1.29, 1.82) is 0 Å². The van der Waals surface area contributed by atoms with Crippen LogP contribution >= 0.6 is 0 Å². The van der Waals surface area contributed by atoms with E-state index in [9.17, 15) is 4.79 Å². The Morgan fingerprint density at radius 3 is 2.50 bits per heavy atom. The highest BCUT2D eigenvalue weighted by molar-refractivity contribution is 5.84. The third-order valence-corrected chi connectivity index (χ3v) is 1.83. The van der Waals surface area contributed by atoms with Gasteiger partial charge >= 0.3 is 0 Å². The van der Waals surface area contributed by atoms with Crippen LogP contribution < -0.4 is 5.32 Å². The third kappa shape index (κ3) is 1.48. The Labute approximate surface area is 61.4 Å². The summed E-state index contributed by atoms with van der Waals surface area (Å²) >= 11 is 0.